The zero-order valence-corrected chi connectivity index (χ0v) is 14.8. The number of aryl methyl sites for hydroxylation is 1. The molecule has 22 heavy (non-hydrogen) atoms. The SMILES string of the molecule is Cc1ccc(NC(=O)CCC(C)N)cc1OCCC(C)C.Cl. The Hall–Kier alpha value is -1.26. The quantitative estimate of drug-likeness (QED) is 0.760. The first-order valence-corrected chi connectivity index (χ1v) is 7.67. The number of hydrogen-bond acceptors (Lipinski definition) is 3. The van der Waals surface area contributed by atoms with Gasteiger partial charge in [0.2, 0.25) is 5.91 Å². The second-order valence-corrected chi connectivity index (χ2v) is 6.08. The summed E-state index contributed by atoms with van der Waals surface area (Å²) in [5.41, 5.74) is 7.51. The van der Waals surface area contributed by atoms with Crippen molar-refractivity contribution in [1.82, 2.24) is 0 Å². The number of nitrogens with two attached hydrogens (primary N) is 1. The van der Waals surface area contributed by atoms with E-state index in [1.54, 1.807) is 0 Å². The highest BCUT2D eigenvalue weighted by Gasteiger charge is 2.07. The van der Waals surface area contributed by atoms with E-state index in [1.165, 1.54) is 0 Å². The third-order valence-corrected chi connectivity index (χ3v) is 3.25. The van der Waals surface area contributed by atoms with Crippen LogP contribution in [-0.2, 0) is 4.79 Å². The summed E-state index contributed by atoms with van der Waals surface area (Å²) in [6.45, 7) is 8.95. The number of rotatable bonds is 8. The van der Waals surface area contributed by atoms with Gasteiger partial charge in [0.15, 0.2) is 0 Å². The molecule has 0 saturated carbocycles. The van der Waals surface area contributed by atoms with Crippen LogP contribution in [0.5, 0.6) is 5.75 Å². The van der Waals surface area contributed by atoms with Crippen LogP contribution in [0.25, 0.3) is 0 Å². The maximum atomic E-state index is 11.8. The first-order chi connectivity index (χ1) is 9.88. The Morgan fingerprint density at radius 1 is 1.27 bits per heavy atom. The number of carbonyl (C=O) groups is 1. The maximum Gasteiger partial charge on any atom is 0.224 e. The number of nitrogens with one attached hydrogen (secondary N) is 1. The van der Waals surface area contributed by atoms with Crippen LogP contribution in [0.3, 0.4) is 0 Å². The van der Waals surface area contributed by atoms with Gasteiger partial charge in [0.25, 0.3) is 0 Å². The zero-order valence-electron chi connectivity index (χ0n) is 14.0. The first kappa shape index (κ1) is 20.7. The van der Waals surface area contributed by atoms with E-state index in [4.69, 9.17) is 10.5 Å². The summed E-state index contributed by atoms with van der Waals surface area (Å²) in [7, 11) is 0. The highest BCUT2D eigenvalue weighted by molar-refractivity contribution is 5.90. The zero-order chi connectivity index (χ0) is 15.8. The third-order valence-electron chi connectivity index (χ3n) is 3.25. The minimum Gasteiger partial charge on any atom is -0.493 e. The molecule has 1 aromatic rings. The molecule has 0 bridgehead atoms. The molecule has 5 heteroatoms. The van der Waals surface area contributed by atoms with Crippen molar-refractivity contribution in [3.8, 4) is 5.75 Å². The number of anilines is 1. The number of carbonyl (C=O) groups excluding carboxylic acids is 1. The van der Waals surface area contributed by atoms with E-state index in [-0.39, 0.29) is 24.4 Å². The molecule has 4 nitrogen and oxygen atoms in total. The second kappa shape index (κ2) is 10.5. The lowest BCUT2D eigenvalue weighted by molar-refractivity contribution is -0.116. The standard InChI is InChI=1S/C17H28N2O2.ClH/c1-12(2)9-10-21-16-11-15(7-5-13(16)3)19-17(20)8-6-14(4)18;/h5,7,11-12,14H,6,8-10,18H2,1-4H3,(H,19,20);1H. The van der Waals surface area contributed by atoms with Crippen molar-refractivity contribution in [1.29, 1.82) is 0 Å². The first-order valence-electron chi connectivity index (χ1n) is 7.67. The molecule has 0 aromatic heterocycles. The molecule has 0 aliphatic carbocycles. The Morgan fingerprint density at radius 2 is 1.95 bits per heavy atom. The summed E-state index contributed by atoms with van der Waals surface area (Å²) in [6.07, 6.45) is 2.15. The molecule has 0 saturated heterocycles. The van der Waals surface area contributed by atoms with Crippen molar-refractivity contribution in [3.05, 3.63) is 23.8 Å². The molecule has 0 heterocycles. The Balaban J connectivity index is 0.00000441. The summed E-state index contributed by atoms with van der Waals surface area (Å²) >= 11 is 0. The van der Waals surface area contributed by atoms with Crippen molar-refractivity contribution < 1.29 is 9.53 Å². The van der Waals surface area contributed by atoms with Crippen LogP contribution in [0.4, 0.5) is 5.69 Å². The molecule has 0 radical (unpaired) electrons. The molecule has 1 aromatic carbocycles. The van der Waals surface area contributed by atoms with Gasteiger partial charge >= 0.3 is 0 Å². The Bertz CT molecular complexity index is 462. The lowest BCUT2D eigenvalue weighted by Gasteiger charge is -2.13. The molecule has 1 unspecified atom stereocenters. The molecular formula is C17H29ClN2O2. The van der Waals surface area contributed by atoms with Gasteiger partial charge in [-0.15, -0.1) is 12.4 Å². The van der Waals surface area contributed by atoms with Crippen molar-refractivity contribution >= 4 is 24.0 Å². The number of ether oxygens (including phenoxy) is 1. The van der Waals surface area contributed by atoms with Crippen LogP contribution in [0.1, 0.15) is 45.6 Å². The summed E-state index contributed by atoms with van der Waals surface area (Å²) in [6, 6.07) is 5.79. The number of amides is 1. The van der Waals surface area contributed by atoms with Crippen molar-refractivity contribution in [2.75, 3.05) is 11.9 Å². The van der Waals surface area contributed by atoms with Crippen LogP contribution in [0.2, 0.25) is 0 Å². The molecule has 0 fully saturated rings. The molecule has 1 rings (SSSR count). The number of benzene rings is 1. The predicted molar refractivity (Wildman–Crippen MR) is 94.9 cm³/mol. The van der Waals surface area contributed by atoms with Crippen LogP contribution in [0.15, 0.2) is 18.2 Å². The van der Waals surface area contributed by atoms with E-state index >= 15 is 0 Å². The second-order valence-electron chi connectivity index (χ2n) is 6.08. The van der Waals surface area contributed by atoms with Gasteiger partial charge in [0, 0.05) is 24.2 Å². The largest absolute Gasteiger partial charge is 0.493 e. The molecular weight excluding hydrogens is 300 g/mol. The number of hydrogen-bond donors (Lipinski definition) is 2. The topological polar surface area (TPSA) is 64.4 Å². The smallest absolute Gasteiger partial charge is 0.224 e. The summed E-state index contributed by atoms with van der Waals surface area (Å²) in [5, 5.41) is 2.89. The monoisotopic (exact) mass is 328 g/mol. The van der Waals surface area contributed by atoms with E-state index in [0.29, 0.717) is 25.4 Å². The molecule has 3 N–H and O–H groups in total. The fourth-order valence-corrected chi connectivity index (χ4v) is 1.82. The molecule has 1 amide bonds. The Morgan fingerprint density at radius 3 is 2.55 bits per heavy atom. The molecule has 0 aliphatic rings. The van der Waals surface area contributed by atoms with Crippen molar-refractivity contribution in [3.63, 3.8) is 0 Å². The molecule has 1 atom stereocenters. The Labute approximate surface area is 140 Å². The lowest BCUT2D eigenvalue weighted by Crippen LogP contribution is -2.19. The van der Waals surface area contributed by atoms with Gasteiger partial charge in [-0.2, -0.15) is 0 Å². The minimum absolute atomic E-state index is 0. The van der Waals surface area contributed by atoms with E-state index in [0.717, 1.165) is 23.4 Å². The number of halogens is 1. The van der Waals surface area contributed by atoms with E-state index < -0.39 is 0 Å². The fraction of sp³-hybridized carbons (Fsp3) is 0.588. The van der Waals surface area contributed by atoms with Gasteiger partial charge < -0.3 is 15.8 Å². The lowest BCUT2D eigenvalue weighted by atomic mass is 10.1. The summed E-state index contributed by atoms with van der Waals surface area (Å²) < 4.78 is 5.80. The van der Waals surface area contributed by atoms with Gasteiger partial charge in [-0.1, -0.05) is 19.9 Å². The minimum atomic E-state index is -0.00992. The summed E-state index contributed by atoms with van der Waals surface area (Å²) in [5.74, 6) is 1.44. The summed E-state index contributed by atoms with van der Waals surface area (Å²) in [4.78, 5) is 11.8. The van der Waals surface area contributed by atoms with Gasteiger partial charge in [0.05, 0.1) is 6.61 Å². The van der Waals surface area contributed by atoms with E-state index in [2.05, 4.69) is 19.2 Å². The predicted octanol–water partition coefficient (Wildman–Crippen LogP) is 3.91. The molecule has 126 valence electrons. The van der Waals surface area contributed by atoms with Gasteiger partial charge in [0.1, 0.15) is 5.75 Å². The highest BCUT2D eigenvalue weighted by atomic mass is 35.5. The van der Waals surface area contributed by atoms with Crippen molar-refractivity contribution in [2.24, 2.45) is 11.7 Å². The molecule has 0 aliphatic heterocycles. The average Bonchev–Trinajstić information content (AvgIpc) is 2.39. The van der Waals surface area contributed by atoms with Crippen LogP contribution < -0.4 is 15.8 Å². The third kappa shape index (κ3) is 8.25. The van der Waals surface area contributed by atoms with Crippen molar-refractivity contribution in [2.45, 2.75) is 53.0 Å². The highest BCUT2D eigenvalue weighted by Crippen LogP contribution is 2.23. The van der Waals surface area contributed by atoms with Crippen LogP contribution in [0, 0.1) is 12.8 Å². The maximum absolute atomic E-state index is 11.8. The van der Waals surface area contributed by atoms with E-state index in [1.807, 2.05) is 32.0 Å². The fourth-order valence-electron chi connectivity index (χ4n) is 1.82. The normalized spacial score (nSPS) is 11.7. The van der Waals surface area contributed by atoms with Gasteiger partial charge in [-0.25, -0.2) is 0 Å². The van der Waals surface area contributed by atoms with Crippen LogP contribution >= 0.6 is 12.4 Å². The van der Waals surface area contributed by atoms with Gasteiger partial charge in [-0.05, 0) is 44.2 Å². The Kier molecular flexibility index (Phi) is 9.86. The van der Waals surface area contributed by atoms with Gasteiger partial charge in [-0.3, -0.25) is 4.79 Å². The molecule has 0 spiro atoms. The van der Waals surface area contributed by atoms with E-state index in [9.17, 15) is 4.79 Å². The van der Waals surface area contributed by atoms with Crippen LogP contribution in [-0.4, -0.2) is 18.6 Å². The average molecular weight is 329 g/mol.